The second-order valence-electron chi connectivity index (χ2n) is 4.99. The quantitative estimate of drug-likeness (QED) is 0.793. The molecule has 0 aromatic heterocycles. The number of anilines is 1. The maximum Gasteiger partial charge on any atom is 0.317 e. The van der Waals surface area contributed by atoms with Crippen LogP contribution in [-0.2, 0) is 9.59 Å². The Morgan fingerprint density at radius 3 is 2.59 bits per heavy atom. The van der Waals surface area contributed by atoms with Crippen molar-refractivity contribution in [3.63, 3.8) is 0 Å². The molecule has 0 aliphatic carbocycles. The molecule has 0 aliphatic heterocycles. The topological polar surface area (TPSA) is 69.6 Å². The molecule has 1 atom stereocenters. The summed E-state index contributed by atoms with van der Waals surface area (Å²) in [6.45, 7) is 5.92. The van der Waals surface area contributed by atoms with Gasteiger partial charge in [-0.3, -0.25) is 14.5 Å². The number of carbonyl (C=O) groups is 2. The number of nitrogens with one attached hydrogen (secondary N) is 1. The third-order valence-corrected chi connectivity index (χ3v) is 3.47. The highest BCUT2D eigenvalue weighted by Gasteiger charge is 2.23. The molecular formula is C15H22Cl2N2O3. The highest BCUT2D eigenvalue weighted by molar-refractivity contribution is 6.31. The fourth-order valence-electron chi connectivity index (χ4n) is 2.00. The number of carboxylic acid groups (broad SMARTS) is 1. The van der Waals surface area contributed by atoms with Gasteiger partial charge in [0.1, 0.15) is 0 Å². The summed E-state index contributed by atoms with van der Waals surface area (Å²) in [5.41, 5.74) is 1.55. The number of rotatable bonds is 7. The number of amides is 1. The fourth-order valence-corrected chi connectivity index (χ4v) is 2.17. The minimum Gasteiger partial charge on any atom is -0.480 e. The van der Waals surface area contributed by atoms with E-state index in [1.165, 1.54) is 0 Å². The zero-order valence-corrected chi connectivity index (χ0v) is 14.5. The average molecular weight is 349 g/mol. The van der Waals surface area contributed by atoms with Crippen LogP contribution in [0.1, 0.15) is 25.8 Å². The summed E-state index contributed by atoms with van der Waals surface area (Å²) in [7, 11) is 0. The summed E-state index contributed by atoms with van der Waals surface area (Å²) >= 11 is 5.92. The second kappa shape index (κ2) is 9.66. The zero-order valence-electron chi connectivity index (χ0n) is 12.9. The predicted octanol–water partition coefficient (Wildman–Crippen LogP) is 3.19. The van der Waals surface area contributed by atoms with Crippen molar-refractivity contribution in [2.75, 3.05) is 18.4 Å². The van der Waals surface area contributed by atoms with Crippen LogP contribution < -0.4 is 5.32 Å². The maximum absolute atomic E-state index is 12.3. The van der Waals surface area contributed by atoms with E-state index in [-0.39, 0.29) is 24.9 Å². The van der Waals surface area contributed by atoms with E-state index in [4.69, 9.17) is 16.7 Å². The number of aliphatic carboxylic acids is 1. The molecule has 0 radical (unpaired) electrons. The Kier molecular flexibility index (Phi) is 9.09. The third-order valence-electron chi connectivity index (χ3n) is 3.23. The highest BCUT2D eigenvalue weighted by Crippen LogP contribution is 2.20. The van der Waals surface area contributed by atoms with Gasteiger partial charge in [-0.1, -0.05) is 24.6 Å². The molecule has 0 spiro atoms. The van der Waals surface area contributed by atoms with E-state index in [0.717, 1.165) is 12.0 Å². The number of nitrogens with zero attached hydrogens (tertiary/aromatic N) is 1. The Labute approximate surface area is 142 Å². The lowest BCUT2D eigenvalue weighted by Crippen LogP contribution is -2.45. The van der Waals surface area contributed by atoms with Crippen LogP contribution in [-0.4, -0.2) is 41.0 Å². The Hall–Kier alpha value is -1.30. The molecule has 7 heteroatoms. The van der Waals surface area contributed by atoms with Crippen molar-refractivity contribution in [3.05, 3.63) is 28.8 Å². The van der Waals surface area contributed by atoms with Gasteiger partial charge in [0, 0.05) is 10.7 Å². The predicted molar refractivity (Wildman–Crippen MR) is 91.0 cm³/mol. The van der Waals surface area contributed by atoms with Crippen molar-refractivity contribution < 1.29 is 14.7 Å². The fraction of sp³-hybridized carbons (Fsp3) is 0.467. The van der Waals surface area contributed by atoms with Crippen molar-refractivity contribution in [2.24, 2.45) is 0 Å². The number of halogens is 2. The van der Waals surface area contributed by atoms with Crippen LogP contribution in [0, 0.1) is 6.92 Å². The van der Waals surface area contributed by atoms with E-state index < -0.39 is 12.0 Å². The van der Waals surface area contributed by atoms with E-state index in [1.807, 2.05) is 19.9 Å². The normalized spacial score (nSPS) is 11.7. The number of carbonyl (C=O) groups excluding carboxylic acids is 1. The number of benzene rings is 1. The van der Waals surface area contributed by atoms with Gasteiger partial charge in [-0.2, -0.15) is 0 Å². The van der Waals surface area contributed by atoms with Crippen molar-refractivity contribution >= 4 is 41.6 Å². The summed E-state index contributed by atoms with van der Waals surface area (Å²) in [5.74, 6) is -1.18. The molecule has 0 saturated carbocycles. The lowest BCUT2D eigenvalue weighted by atomic mass is 10.2. The van der Waals surface area contributed by atoms with Crippen LogP contribution in [0.4, 0.5) is 5.69 Å². The van der Waals surface area contributed by atoms with Crippen LogP contribution in [0.5, 0.6) is 0 Å². The summed E-state index contributed by atoms with van der Waals surface area (Å²) in [4.78, 5) is 24.8. The summed E-state index contributed by atoms with van der Waals surface area (Å²) < 4.78 is 0. The van der Waals surface area contributed by atoms with E-state index >= 15 is 0 Å². The first-order valence-corrected chi connectivity index (χ1v) is 7.25. The van der Waals surface area contributed by atoms with Crippen LogP contribution >= 0.6 is 24.0 Å². The molecule has 0 aliphatic rings. The van der Waals surface area contributed by atoms with Gasteiger partial charge in [-0.15, -0.1) is 12.4 Å². The zero-order chi connectivity index (χ0) is 16.0. The standard InChI is InChI=1S/C15H21ClN2O3.ClH/c1-4-7-18(9-14(19)20)11(3)15(21)17-13-8-12(16)6-5-10(13)2;/h5-6,8,11H,4,7,9H2,1-3H3,(H,17,21)(H,19,20);1H. The number of carboxylic acids is 1. The van der Waals surface area contributed by atoms with E-state index in [1.54, 1.807) is 24.0 Å². The third kappa shape index (κ3) is 6.22. The minimum atomic E-state index is -0.943. The van der Waals surface area contributed by atoms with Gasteiger partial charge in [0.2, 0.25) is 5.91 Å². The van der Waals surface area contributed by atoms with Crippen LogP contribution in [0.25, 0.3) is 0 Å². The van der Waals surface area contributed by atoms with Crippen LogP contribution in [0.3, 0.4) is 0 Å². The molecule has 1 amide bonds. The molecule has 0 saturated heterocycles. The first-order chi connectivity index (χ1) is 9.85. The molecule has 1 unspecified atom stereocenters. The van der Waals surface area contributed by atoms with E-state index in [0.29, 0.717) is 17.3 Å². The summed E-state index contributed by atoms with van der Waals surface area (Å²) in [6, 6.07) is 4.73. The van der Waals surface area contributed by atoms with Gasteiger partial charge in [0.15, 0.2) is 0 Å². The SMILES string of the molecule is CCCN(CC(=O)O)C(C)C(=O)Nc1cc(Cl)ccc1C.Cl. The summed E-state index contributed by atoms with van der Waals surface area (Å²) in [5, 5.41) is 12.3. The van der Waals surface area contributed by atoms with E-state index in [9.17, 15) is 9.59 Å². The maximum atomic E-state index is 12.3. The largest absolute Gasteiger partial charge is 0.480 e. The molecule has 0 heterocycles. The first kappa shape index (κ1) is 20.7. The van der Waals surface area contributed by atoms with Crippen LogP contribution in [0.2, 0.25) is 5.02 Å². The Balaban J connectivity index is 0.00000441. The van der Waals surface area contributed by atoms with E-state index in [2.05, 4.69) is 5.32 Å². The monoisotopic (exact) mass is 348 g/mol. The van der Waals surface area contributed by atoms with Gasteiger partial charge in [0.25, 0.3) is 0 Å². The van der Waals surface area contributed by atoms with Crippen molar-refractivity contribution in [2.45, 2.75) is 33.2 Å². The molecule has 0 bridgehead atoms. The van der Waals surface area contributed by atoms with Gasteiger partial charge in [-0.05, 0) is 44.5 Å². The van der Waals surface area contributed by atoms with Crippen LogP contribution in [0.15, 0.2) is 18.2 Å². The minimum absolute atomic E-state index is 0. The molecule has 0 fully saturated rings. The number of aryl methyl sites for hydroxylation is 1. The molecule has 1 aromatic carbocycles. The number of hydrogen-bond donors (Lipinski definition) is 2. The van der Waals surface area contributed by atoms with Crippen molar-refractivity contribution in [1.29, 1.82) is 0 Å². The van der Waals surface area contributed by atoms with Gasteiger partial charge >= 0.3 is 5.97 Å². The lowest BCUT2D eigenvalue weighted by molar-refractivity contribution is -0.139. The summed E-state index contributed by atoms with van der Waals surface area (Å²) in [6.07, 6.45) is 0.779. The van der Waals surface area contributed by atoms with Gasteiger partial charge in [0.05, 0.1) is 12.6 Å². The molecular weight excluding hydrogens is 327 g/mol. The Morgan fingerprint density at radius 2 is 2.05 bits per heavy atom. The van der Waals surface area contributed by atoms with Gasteiger partial charge < -0.3 is 10.4 Å². The molecule has 5 nitrogen and oxygen atoms in total. The van der Waals surface area contributed by atoms with Crippen molar-refractivity contribution in [1.82, 2.24) is 4.90 Å². The average Bonchev–Trinajstić information content (AvgIpc) is 2.41. The smallest absolute Gasteiger partial charge is 0.317 e. The van der Waals surface area contributed by atoms with Gasteiger partial charge in [-0.25, -0.2) is 0 Å². The molecule has 124 valence electrons. The first-order valence-electron chi connectivity index (χ1n) is 6.88. The lowest BCUT2D eigenvalue weighted by Gasteiger charge is -2.26. The Bertz CT molecular complexity index is 524. The molecule has 1 rings (SSSR count). The highest BCUT2D eigenvalue weighted by atomic mass is 35.5. The van der Waals surface area contributed by atoms with Crippen molar-refractivity contribution in [3.8, 4) is 0 Å². The number of hydrogen-bond acceptors (Lipinski definition) is 3. The Morgan fingerprint density at radius 1 is 1.41 bits per heavy atom. The second-order valence-corrected chi connectivity index (χ2v) is 5.43. The molecule has 1 aromatic rings. The molecule has 2 N–H and O–H groups in total. The molecule has 22 heavy (non-hydrogen) atoms.